The smallest absolute Gasteiger partial charge is 0.230 e. The molecular formula is C17H22ClFN2O3. The lowest BCUT2D eigenvalue weighted by Crippen LogP contribution is -2.54. The van der Waals surface area contributed by atoms with Crippen molar-refractivity contribution in [1.29, 1.82) is 0 Å². The minimum atomic E-state index is -0.541. The summed E-state index contributed by atoms with van der Waals surface area (Å²) in [5.41, 5.74) is 6.16. The third-order valence-electron chi connectivity index (χ3n) is 4.96. The predicted molar refractivity (Wildman–Crippen MR) is 88.2 cm³/mol. The van der Waals surface area contributed by atoms with E-state index in [1.54, 1.807) is 12.1 Å². The molecule has 2 aliphatic heterocycles. The highest BCUT2D eigenvalue weighted by molar-refractivity contribution is 6.30. The molecule has 0 saturated carbocycles. The molecule has 1 aromatic rings. The number of hydrogen-bond acceptors (Lipinski definition) is 4. The van der Waals surface area contributed by atoms with Crippen LogP contribution in [0.5, 0.6) is 0 Å². The highest BCUT2D eigenvalue weighted by atomic mass is 35.5. The Labute approximate surface area is 145 Å². The zero-order valence-electron chi connectivity index (χ0n) is 13.5. The Morgan fingerprint density at radius 3 is 2.79 bits per heavy atom. The van der Waals surface area contributed by atoms with Crippen LogP contribution in [0.3, 0.4) is 0 Å². The summed E-state index contributed by atoms with van der Waals surface area (Å²) in [7, 11) is 0. The number of benzene rings is 1. The van der Waals surface area contributed by atoms with Gasteiger partial charge in [0.1, 0.15) is 11.9 Å². The van der Waals surface area contributed by atoms with Crippen LogP contribution >= 0.6 is 11.6 Å². The largest absolute Gasteiger partial charge is 0.381 e. The highest BCUT2D eigenvalue weighted by Crippen LogP contribution is 2.34. The summed E-state index contributed by atoms with van der Waals surface area (Å²) in [5.74, 6) is -0.400. The van der Waals surface area contributed by atoms with Crippen molar-refractivity contribution in [2.75, 3.05) is 39.5 Å². The van der Waals surface area contributed by atoms with Crippen LogP contribution in [0, 0.1) is 11.2 Å². The normalized spacial score (nSPS) is 24.0. The molecule has 2 aliphatic rings. The quantitative estimate of drug-likeness (QED) is 0.901. The van der Waals surface area contributed by atoms with Crippen LogP contribution in [-0.2, 0) is 14.3 Å². The van der Waals surface area contributed by atoms with Crippen LogP contribution in [0.2, 0.25) is 5.02 Å². The van der Waals surface area contributed by atoms with Crippen molar-refractivity contribution in [3.63, 3.8) is 0 Å². The Bertz CT molecular complexity index is 607. The number of morpholine rings is 1. The molecule has 0 aliphatic carbocycles. The van der Waals surface area contributed by atoms with Crippen molar-refractivity contribution in [3.05, 3.63) is 34.6 Å². The lowest BCUT2D eigenvalue weighted by atomic mass is 9.78. The third-order valence-corrected chi connectivity index (χ3v) is 5.25. The first-order chi connectivity index (χ1) is 11.6. The number of ether oxygens (including phenoxy) is 2. The van der Waals surface area contributed by atoms with E-state index in [0.29, 0.717) is 52.3 Å². The van der Waals surface area contributed by atoms with Gasteiger partial charge in [0.15, 0.2) is 0 Å². The molecule has 2 saturated heterocycles. The molecule has 0 spiro atoms. The number of nitrogens with zero attached hydrogens (tertiary/aromatic N) is 1. The first kappa shape index (κ1) is 17.6. The van der Waals surface area contributed by atoms with Gasteiger partial charge in [0, 0.05) is 26.3 Å². The van der Waals surface area contributed by atoms with Crippen molar-refractivity contribution in [2.45, 2.75) is 18.9 Å². The number of amides is 1. The highest BCUT2D eigenvalue weighted by Gasteiger charge is 2.42. The van der Waals surface area contributed by atoms with E-state index in [0.717, 1.165) is 5.56 Å². The van der Waals surface area contributed by atoms with E-state index >= 15 is 0 Å². The van der Waals surface area contributed by atoms with Gasteiger partial charge < -0.3 is 20.1 Å². The van der Waals surface area contributed by atoms with Gasteiger partial charge in [0.25, 0.3) is 0 Å². The summed E-state index contributed by atoms with van der Waals surface area (Å²) >= 11 is 5.86. The van der Waals surface area contributed by atoms with Gasteiger partial charge >= 0.3 is 0 Å². The molecule has 2 fully saturated rings. The van der Waals surface area contributed by atoms with E-state index in [2.05, 4.69) is 0 Å². The van der Waals surface area contributed by atoms with Crippen molar-refractivity contribution in [1.82, 2.24) is 4.90 Å². The Balaban J connectivity index is 1.74. The molecule has 132 valence electrons. The van der Waals surface area contributed by atoms with E-state index in [1.165, 1.54) is 6.07 Å². The summed E-state index contributed by atoms with van der Waals surface area (Å²) in [6.45, 7) is 2.83. The molecule has 0 aromatic heterocycles. The Morgan fingerprint density at radius 2 is 2.12 bits per heavy atom. The Morgan fingerprint density at radius 1 is 1.38 bits per heavy atom. The second-order valence-electron chi connectivity index (χ2n) is 6.38. The lowest BCUT2D eigenvalue weighted by molar-refractivity contribution is -0.154. The lowest BCUT2D eigenvalue weighted by Gasteiger charge is -2.42. The molecule has 5 nitrogen and oxygen atoms in total. The summed E-state index contributed by atoms with van der Waals surface area (Å²) in [6, 6.07) is 4.53. The minimum absolute atomic E-state index is 0.0578. The van der Waals surface area contributed by atoms with E-state index in [9.17, 15) is 9.18 Å². The number of carbonyl (C=O) groups excluding carboxylic acids is 1. The van der Waals surface area contributed by atoms with Crippen LogP contribution in [0.15, 0.2) is 18.2 Å². The molecule has 1 unspecified atom stereocenters. The van der Waals surface area contributed by atoms with Crippen LogP contribution in [0.25, 0.3) is 0 Å². The zero-order valence-corrected chi connectivity index (χ0v) is 14.2. The average Bonchev–Trinajstić information content (AvgIpc) is 2.64. The summed E-state index contributed by atoms with van der Waals surface area (Å²) in [5, 5.41) is 0.0578. The molecule has 3 rings (SSSR count). The first-order valence-electron chi connectivity index (χ1n) is 8.19. The van der Waals surface area contributed by atoms with Gasteiger partial charge in [-0.25, -0.2) is 4.39 Å². The third kappa shape index (κ3) is 3.42. The van der Waals surface area contributed by atoms with Gasteiger partial charge in [-0.3, -0.25) is 4.79 Å². The molecule has 1 atom stereocenters. The number of hydrogen-bond donors (Lipinski definition) is 1. The van der Waals surface area contributed by atoms with Crippen LogP contribution in [-0.4, -0.2) is 50.3 Å². The van der Waals surface area contributed by atoms with E-state index in [4.69, 9.17) is 26.8 Å². The molecule has 0 radical (unpaired) electrons. The van der Waals surface area contributed by atoms with Gasteiger partial charge in [-0.15, -0.1) is 0 Å². The van der Waals surface area contributed by atoms with Crippen molar-refractivity contribution in [3.8, 4) is 0 Å². The standard InChI is InChI=1S/C17H22ClFN2O3/c18-13-9-12(1-2-14(13)19)15-10-21(5-8-24-15)16(22)17(11-20)3-6-23-7-4-17/h1-2,9,15H,3-8,10-11,20H2. The maximum Gasteiger partial charge on any atom is 0.230 e. The van der Waals surface area contributed by atoms with Gasteiger partial charge in [0.2, 0.25) is 5.91 Å². The topological polar surface area (TPSA) is 64.8 Å². The van der Waals surface area contributed by atoms with Crippen molar-refractivity contribution >= 4 is 17.5 Å². The van der Waals surface area contributed by atoms with Gasteiger partial charge in [0.05, 0.1) is 23.6 Å². The molecule has 2 heterocycles. The van der Waals surface area contributed by atoms with E-state index < -0.39 is 11.2 Å². The summed E-state index contributed by atoms with van der Waals surface area (Å²) < 4.78 is 24.5. The molecule has 1 aromatic carbocycles. The predicted octanol–water partition coefficient (Wildman–Crippen LogP) is 2.13. The monoisotopic (exact) mass is 356 g/mol. The van der Waals surface area contributed by atoms with Crippen LogP contribution in [0.4, 0.5) is 4.39 Å². The molecule has 1 amide bonds. The zero-order chi connectivity index (χ0) is 17.2. The number of rotatable bonds is 3. The van der Waals surface area contributed by atoms with Gasteiger partial charge in [-0.05, 0) is 30.5 Å². The Kier molecular flexibility index (Phi) is 5.39. The maximum absolute atomic E-state index is 13.3. The average molecular weight is 357 g/mol. The Hall–Kier alpha value is -1.21. The molecule has 7 heteroatoms. The maximum atomic E-state index is 13.3. The fraction of sp³-hybridized carbons (Fsp3) is 0.588. The molecule has 0 bridgehead atoms. The number of carbonyl (C=O) groups is 1. The number of halogens is 2. The summed E-state index contributed by atoms with van der Waals surface area (Å²) in [6.07, 6.45) is 0.981. The van der Waals surface area contributed by atoms with E-state index in [-0.39, 0.29) is 17.0 Å². The van der Waals surface area contributed by atoms with Gasteiger partial charge in [-0.1, -0.05) is 17.7 Å². The fourth-order valence-electron chi connectivity index (χ4n) is 3.35. The fourth-order valence-corrected chi connectivity index (χ4v) is 3.54. The molecular weight excluding hydrogens is 335 g/mol. The SMILES string of the molecule is NCC1(C(=O)N2CCOC(c3ccc(F)c(Cl)c3)C2)CCOCC1. The van der Waals surface area contributed by atoms with Gasteiger partial charge in [-0.2, -0.15) is 0 Å². The van der Waals surface area contributed by atoms with Crippen LogP contribution in [0.1, 0.15) is 24.5 Å². The van der Waals surface area contributed by atoms with Crippen molar-refractivity contribution < 1.29 is 18.7 Å². The first-order valence-corrected chi connectivity index (χ1v) is 8.57. The minimum Gasteiger partial charge on any atom is -0.381 e. The summed E-state index contributed by atoms with van der Waals surface area (Å²) in [4.78, 5) is 14.9. The number of nitrogens with two attached hydrogens (primary N) is 1. The second-order valence-corrected chi connectivity index (χ2v) is 6.79. The molecule has 24 heavy (non-hydrogen) atoms. The van der Waals surface area contributed by atoms with Crippen molar-refractivity contribution in [2.24, 2.45) is 11.1 Å². The van der Waals surface area contributed by atoms with E-state index in [1.807, 2.05) is 4.90 Å². The van der Waals surface area contributed by atoms with Crippen LogP contribution < -0.4 is 5.73 Å². The molecule has 2 N–H and O–H groups in total. The second kappa shape index (κ2) is 7.35.